The van der Waals surface area contributed by atoms with Crippen molar-refractivity contribution in [3.05, 3.63) is 39.3 Å². The number of rotatable bonds is 2. The molecular weight excluding hydrogens is 363 g/mol. The number of nitrogens with zero attached hydrogens (tertiary/aromatic N) is 2. The maximum absolute atomic E-state index is 13.2. The van der Waals surface area contributed by atoms with Crippen LogP contribution < -0.4 is 0 Å². The molecule has 20 heavy (non-hydrogen) atoms. The molecule has 0 fully saturated rings. The summed E-state index contributed by atoms with van der Waals surface area (Å²) in [4.78, 5) is 0. The molecule has 2 rings (SSSR count). The van der Waals surface area contributed by atoms with Crippen LogP contribution in [0.3, 0.4) is 0 Å². The lowest BCUT2D eigenvalue weighted by atomic mass is 10.1. The Balaban J connectivity index is 2.73. The molecule has 1 aromatic carbocycles. The van der Waals surface area contributed by atoms with Crippen molar-refractivity contribution in [3.63, 3.8) is 0 Å². The molecule has 1 aromatic heterocycles. The lowest BCUT2D eigenvalue weighted by molar-refractivity contribution is -0.141. The average Bonchev–Trinajstić information content (AvgIpc) is 2.71. The molecular formula is C12H8BrClF4N2. The first-order valence-electron chi connectivity index (χ1n) is 5.53. The van der Waals surface area contributed by atoms with Gasteiger partial charge < -0.3 is 0 Å². The highest BCUT2D eigenvalue weighted by Gasteiger charge is 2.38. The van der Waals surface area contributed by atoms with E-state index in [1.807, 2.05) is 0 Å². The topological polar surface area (TPSA) is 17.8 Å². The monoisotopic (exact) mass is 370 g/mol. The van der Waals surface area contributed by atoms with Crippen LogP contribution in [0.4, 0.5) is 17.6 Å². The summed E-state index contributed by atoms with van der Waals surface area (Å²) in [6.45, 7) is 1.94. The summed E-state index contributed by atoms with van der Waals surface area (Å²) in [5.41, 5.74) is -1.16. The third-order valence-corrected chi connectivity index (χ3v) is 3.55. The Kier molecular flexibility index (Phi) is 4.11. The second-order valence-corrected chi connectivity index (χ2v) is 5.25. The molecule has 0 saturated heterocycles. The molecule has 0 aliphatic carbocycles. The number of halogens is 6. The van der Waals surface area contributed by atoms with Crippen LogP contribution in [0.5, 0.6) is 0 Å². The average molecular weight is 372 g/mol. The van der Waals surface area contributed by atoms with Gasteiger partial charge in [0.25, 0.3) is 0 Å². The minimum Gasteiger partial charge on any atom is -0.272 e. The van der Waals surface area contributed by atoms with Crippen molar-refractivity contribution >= 4 is 27.5 Å². The third kappa shape index (κ3) is 2.83. The summed E-state index contributed by atoms with van der Waals surface area (Å²) in [6, 6.07) is 2.02. The molecule has 2 nitrogen and oxygen atoms in total. The molecule has 0 atom stereocenters. The standard InChI is InChI=1S/C12H8BrClF4N2/c1-2-20-5-7(11(19-20)12(16,17)18)10-8(13)3-6(15)4-9(10)14/h3-5H,2H2,1H3. The van der Waals surface area contributed by atoms with Crippen molar-refractivity contribution in [2.45, 2.75) is 19.6 Å². The number of aryl methyl sites for hydroxylation is 1. The molecule has 0 aliphatic rings. The predicted octanol–water partition coefficient (Wildman–Crippen LogP) is 5.14. The molecule has 0 bridgehead atoms. The van der Waals surface area contributed by atoms with Gasteiger partial charge in [0.2, 0.25) is 0 Å². The van der Waals surface area contributed by atoms with E-state index in [-0.39, 0.29) is 27.2 Å². The van der Waals surface area contributed by atoms with E-state index < -0.39 is 17.7 Å². The largest absolute Gasteiger partial charge is 0.435 e. The molecule has 2 aromatic rings. The third-order valence-electron chi connectivity index (χ3n) is 2.63. The van der Waals surface area contributed by atoms with Crippen LogP contribution in [0.15, 0.2) is 22.8 Å². The highest BCUT2D eigenvalue weighted by Crippen LogP contribution is 2.42. The van der Waals surface area contributed by atoms with Crippen molar-refractivity contribution in [1.29, 1.82) is 0 Å². The summed E-state index contributed by atoms with van der Waals surface area (Å²) in [5.74, 6) is -0.637. The number of hydrogen-bond donors (Lipinski definition) is 0. The fourth-order valence-corrected chi connectivity index (χ4v) is 2.84. The highest BCUT2D eigenvalue weighted by molar-refractivity contribution is 9.10. The first-order valence-corrected chi connectivity index (χ1v) is 6.70. The zero-order valence-corrected chi connectivity index (χ0v) is 12.4. The second-order valence-electron chi connectivity index (χ2n) is 3.99. The molecule has 0 spiro atoms. The summed E-state index contributed by atoms with van der Waals surface area (Å²) in [6.07, 6.45) is -3.38. The van der Waals surface area contributed by atoms with Crippen molar-refractivity contribution in [1.82, 2.24) is 9.78 Å². The molecule has 108 valence electrons. The highest BCUT2D eigenvalue weighted by atomic mass is 79.9. The summed E-state index contributed by atoms with van der Waals surface area (Å²) in [5, 5.41) is 3.39. The number of benzene rings is 1. The van der Waals surface area contributed by atoms with Crippen LogP contribution >= 0.6 is 27.5 Å². The van der Waals surface area contributed by atoms with Gasteiger partial charge in [-0.1, -0.05) is 11.6 Å². The van der Waals surface area contributed by atoms with Gasteiger partial charge in [-0.2, -0.15) is 18.3 Å². The Morgan fingerprint density at radius 2 is 2.00 bits per heavy atom. The van der Waals surface area contributed by atoms with Crippen molar-refractivity contribution in [2.24, 2.45) is 0 Å². The minimum absolute atomic E-state index is 0.0695. The van der Waals surface area contributed by atoms with E-state index in [1.165, 1.54) is 6.20 Å². The molecule has 0 radical (unpaired) electrons. The fourth-order valence-electron chi connectivity index (χ4n) is 1.78. The maximum atomic E-state index is 13.2. The van der Waals surface area contributed by atoms with Gasteiger partial charge in [0.05, 0.1) is 5.02 Å². The van der Waals surface area contributed by atoms with E-state index in [9.17, 15) is 17.6 Å². The van der Waals surface area contributed by atoms with Crippen LogP contribution in [0.2, 0.25) is 5.02 Å². The normalized spacial score (nSPS) is 11.9. The number of alkyl halides is 3. The first-order chi connectivity index (χ1) is 9.24. The van der Waals surface area contributed by atoms with Crippen LogP contribution in [-0.2, 0) is 12.7 Å². The molecule has 8 heteroatoms. The van der Waals surface area contributed by atoms with Gasteiger partial charge in [-0.25, -0.2) is 4.39 Å². The van der Waals surface area contributed by atoms with Gasteiger partial charge in [0.1, 0.15) is 5.82 Å². The van der Waals surface area contributed by atoms with Crippen molar-refractivity contribution in [2.75, 3.05) is 0 Å². The van der Waals surface area contributed by atoms with E-state index in [0.717, 1.165) is 16.8 Å². The number of hydrogen-bond acceptors (Lipinski definition) is 1. The molecule has 0 unspecified atom stereocenters. The van der Waals surface area contributed by atoms with Gasteiger partial charge >= 0.3 is 6.18 Å². The van der Waals surface area contributed by atoms with Gasteiger partial charge in [-0.15, -0.1) is 0 Å². The Labute approximate surface area is 125 Å². The van der Waals surface area contributed by atoms with Gasteiger partial charge in [0, 0.05) is 28.3 Å². The maximum Gasteiger partial charge on any atom is 0.435 e. The van der Waals surface area contributed by atoms with Crippen LogP contribution in [-0.4, -0.2) is 9.78 Å². The smallest absolute Gasteiger partial charge is 0.272 e. The van der Waals surface area contributed by atoms with Crippen LogP contribution in [0.1, 0.15) is 12.6 Å². The lowest BCUT2D eigenvalue weighted by Crippen LogP contribution is -2.09. The first kappa shape index (κ1) is 15.3. The van der Waals surface area contributed by atoms with Gasteiger partial charge in [-0.3, -0.25) is 4.68 Å². The lowest BCUT2D eigenvalue weighted by Gasteiger charge is -2.09. The Bertz CT molecular complexity index is 628. The van der Waals surface area contributed by atoms with Crippen molar-refractivity contribution < 1.29 is 17.6 Å². The molecule has 0 N–H and O–H groups in total. The zero-order valence-electron chi connectivity index (χ0n) is 10.1. The Morgan fingerprint density at radius 3 is 2.50 bits per heavy atom. The summed E-state index contributed by atoms with van der Waals surface area (Å²) >= 11 is 8.91. The summed E-state index contributed by atoms with van der Waals surface area (Å²) < 4.78 is 53.5. The van der Waals surface area contributed by atoms with E-state index in [1.54, 1.807) is 6.92 Å². The minimum atomic E-state index is -4.62. The van der Waals surface area contributed by atoms with E-state index in [2.05, 4.69) is 21.0 Å². The molecule has 0 saturated carbocycles. The van der Waals surface area contributed by atoms with Crippen LogP contribution in [0.25, 0.3) is 11.1 Å². The second kappa shape index (κ2) is 5.37. The molecule has 1 heterocycles. The summed E-state index contributed by atoms with van der Waals surface area (Å²) in [7, 11) is 0. The predicted molar refractivity (Wildman–Crippen MR) is 71.0 cm³/mol. The Hall–Kier alpha value is -1.08. The van der Waals surface area contributed by atoms with Gasteiger partial charge in [-0.05, 0) is 35.0 Å². The Morgan fingerprint density at radius 1 is 1.35 bits per heavy atom. The number of aromatic nitrogens is 2. The van der Waals surface area contributed by atoms with E-state index >= 15 is 0 Å². The fraction of sp³-hybridized carbons (Fsp3) is 0.250. The SMILES string of the molecule is CCn1cc(-c2c(Cl)cc(F)cc2Br)c(C(F)(F)F)n1. The quantitative estimate of drug-likeness (QED) is 0.668. The van der Waals surface area contributed by atoms with E-state index in [0.29, 0.717) is 0 Å². The molecule has 0 aliphatic heterocycles. The molecule has 0 amide bonds. The van der Waals surface area contributed by atoms with Crippen LogP contribution in [0, 0.1) is 5.82 Å². The van der Waals surface area contributed by atoms with Crippen molar-refractivity contribution in [3.8, 4) is 11.1 Å². The van der Waals surface area contributed by atoms with Gasteiger partial charge in [0.15, 0.2) is 5.69 Å². The zero-order chi connectivity index (χ0) is 15.1. The van der Waals surface area contributed by atoms with E-state index in [4.69, 9.17) is 11.6 Å².